The molecule has 1 aliphatic rings. The molecule has 0 spiro atoms. The first-order chi connectivity index (χ1) is 9.43. The molecule has 3 N–H and O–H groups in total. The van der Waals surface area contributed by atoms with Crippen LogP contribution in [0.15, 0.2) is 23.2 Å². The summed E-state index contributed by atoms with van der Waals surface area (Å²) in [6, 6.07) is 3.05. The third-order valence-electron chi connectivity index (χ3n) is 3.33. The van der Waals surface area contributed by atoms with Crippen molar-refractivity contribution < 1.29 is 17.6 Å². The van der Waals surface area contributed by atoms with Crippen LogP contribution >= 0.6 is 0 Å². The Labute approximate surface area is 113 Å². The number of hydrogen-bond donors (Lipinski definition) is 2. The summed E-state index contributed by atoms with van der Waals surface area (Å²) < 4.78 is 52.0. The van der Waals surface area contributed by atoms with E-state index >= 15 is 0 Å². The third-order valence-corrected chi connectivity index (χ3v) is 3.33. The Morgan fingerprint density at radius 2 is 1.90 bits per heavy atom. The van der Waals surface area contributed by atoms with Gasteiger partial charge in [-0.3, -0.25) is 4.99 Å². The summed E-state index contributed by atoms with van der Waals surface area (Å²) in [6.07, 6.45) is -1.04. The number of aliphatic imine (C=N–C) groups is 1. The summed E-state index contributed by atoms with van der Waals surface area (Å²) in [5.74, 6) is 3.89. The third kappa shape index (κ3) is 3.09. The first-order valence-electron chi connectivity index (χ1n) is 6.34. The van der Waals surface area contributed by atoms with Gasteiger partial charge in [-0.25, -0.2) is 10.2 Å². The number of hydrazine groups is 1. The lowest BCUT2D eigenvalue weighted by Crippen LogP contribution is -2.33. The average molecular weight is 289 g/mol. The van der Waals surface area contributed by atoms with Crippen LogP contribution in [-0.4, -0.2) is 11.9 Å². The molecule has 110 valence electrons. The first kappa shape index (κ1) is 14.8. The fourth-order valence-corrected chi connectivity index (χ4v) is 2.33. The summed E-state index contributed by atoms with van der Waals surface area (Å²) >= 11 is 0. The maximum Gasteiger partial charge on any atom is 0.419 e. The highest BCUT2D eigenvalue weighted by Crippen LogP contribution is 2.32. The van der Waals surface area contributed by atoms with Crippen LogP contribution in [0.5, 0.6) is 0 Å². The maximum absolute atomic E-state index is 14.0. The lowest BCUT2D eigenvalue weighted by Gasteiger charge is -2.14. The van der Waals surface area contributed by atoms with E-state index in [9.17, 15) is 17.6 Å². The molecule has 0 unspecified atom stereocenters. The van der Waals surface area contributed by atoms with Gasteiger partial charge in [0.25, 0.3) is 0 Å². The van der Waals surface area contributed by atoms with E-state index in [1.54, 1.807) is 0 Å². The molecule has 20 heavy (non-hydrogen) atoms. The van der Waals surface area contributed by atoms with Gasteiger partial charge in [0, 0.05) is 0 Å². The Morgan fingerprint density at radius 3 is 2.45 bits per heavy atom. The van der Waals surface area contributed by atoms with Gasteiger partial charge in [-0.2, -0.15) is 13.2 Å². The van der Waals surface area contributed by atoms with Crippen LogP contribution in [0, 0.1) is 5.82 Å². The van der Waals surface area contributed by atoms with Crippen molar-refractivity contribution in [2.24, 2.45) is 10.8 Å². The summed E-state index contributed by atoms with van der Waals surface area (Å²) in [5.41, 5.74) is 0.637. The molecule has 0 amide bonds. The molecule has 0 aromatic heterocycles. The van der Waals surface area contributed by atoms with Crippen molar-refractivity contribution in [2.75, 3.05) is 0 Å². The smallest absolute Gasteiger partial charge is 0.308 e. The monoisotopic (exact) mass is 289 g/mol. The maximum atomic E-state index is 14.0. The summed E-state index contributed by atoms with van der Waals surface area (Å²) in [7, 11) is 0. The lowest BCUT2D eigenvalue weighted by atomic mass is 10.1. The number of amidine groups is 1. The van der Waals surface area contributed by atoms with E-state index in [-0.39, 0.29) is 17.4 Å². The molecule has 1 aliphatic carbocycles. The van der Waals surface area contributed by atoms with Crippen LogP contribution in [0.25, 0.3) is 0 Å². The molecule has 0 atom stereocenters. The molecule has 1 aromatic carbocycles. The number of benzene rings is 1. The Kier molecular flexibility index (Phi) is 4.27. The van der Waals surface area contributed by atoms with Crippen LogP contribution in [0.3, 0.4) is 0 Å². The zero-order valence-corrected chi connectivity index (χ0v) is 10.7. The van der Waals surface area contributed by atoms with Gasteiger partial charge in [-0.05, 0) is 25.0 Å². The minimum atomic E-state index is -4.74. The summed E-state index contributed by atoms with van der Waals surface area (Å²) in [4.78, 5) is 4.22. The molecule has 2 rings (SSSR count). The first-order valence-corrected chi connectivity index (χ1v) is 6.34. The quantitative estimate of drug-likeness (QED) is 0.289. The second-order valence-electron chi connectivity index (χ2n) is 4.73. The Bertz CT molecular complexity index is 505. The second-order valence-corrected chi connectivity index (χ2v) is 4.73. The van der Waals surface area contributed by atoms with Gasteiger partial charge in [0.05, 0.1) is 17.2 Å². The minimum absolute atomic E-state index is 0.0185. The molecule has 3 nitrogen and oxygen atoms in total. The number of nitrogens with one attached hydrogen (secondary N) is 1. The van der Waals surface area contributed by atoms with Gasteiger partial charge in [0.15, 0.2) is 0 Å². The van der Waals surface area contributed by atoms with E-state index < -0.39 is 17.6 Å². The highest BCUT2D eigenvalue weighted by atomic mass is 19.4. The molecule has 0 saturated heterocycles. The van der Waals surface area contributed by atoms with Crippen molar-refractivity contribution in [1.29, 1.82) is 0 Å². The van der Waals surface area contributed by atoms with Crippen LogP contribution in [0.2, 0.25) is 0 Å². The van der Waals surface area contributed by atoms with Gasteiger partial charge >= 0.3 is 6.18 Å². The summed E-state index contributed by atoms with van der Waals surface area (Å²) in [6.45, 7) is 0. The summed E-state index contributed by atoms with van der Waals surface area (Å²) in [5, 5.41) is 0. The SMILES string of the molecule is NNC(=NC1CCCC1)c1cccc(C(F)(F)F)c1F. The van der Waals surface area contributed by atoms with Crippen LogP contribution in [0.4, 0.5) is 17.6 Å². The van der Waals surface area contributed by atoms with Crippen molar-refractivity contribution >= 4 is 5.84 Å². The van der Waals surface area contributed by atoms with Gasteiger partial charge in [0.1, 0.15) is 11.7 Å². The topological polar surface area (TPSA) is 50.4 Å². The van der Waals surface area contributed by atoms with E-state index in [0.29, 0.717) is 6.07 Å². The lowest BCUT2D eigenvalue weighted by molar-refractivity contribution is -0.140. The zero-order chi connectivity index (χ0) is 14.8. The highest BCUT2D eigenvalue weighted by molar-refractivity contribution is 5.99. The zero-order valence-electron chi connectivity index (χ0n) is 10.7. The predicted molar refractivity (Wildman–Crippen MR) is 67.5 cm³/mol. The van der Waals surface area contributed by atoms with Gasteiger partial charge in [0.2, 0.25) is 0 Å². The standard InChI is InChI=1S/C13H15F4N3/c14-11-9(6-3-7-10(11)13(15,16)17)12(20-18)19-8-4-1-2-5-8/h3,6-8H,1-2,4-5,18H2,(H,19,20). The average Bonchev–Trinajstić information content (AvgIpc) is 2.88. The van der Waals surface area contributed by atoms with Crippen molar-refractivity contribution in [3.8, 4) is 0 Å². The molecule has 7 heteroatoms. The number of alkyl halides is 3. The molecule has 0 radical (unpaired) electrons. The van der Waals surface area contributed by atoms with E-state index in [1.165, 1.54) is 6.07 Å². The molecular weight excluding hydrogens is 274 g/mol. The number of nitrogens with two attached hydrogens (primary N) is 1. The van der Waals surface area contributed by atoms with E-state index in [2.05, 4.69) is 10.4 Å². The van der Waals surface area contributed by atoms with Crippen molar-refractivity contribution in [3.63, 3.8) is 0 Å². The normalized spacial score (nSPS) is 17.6. The van der Waals surface area contributed by atoms with Crippen LogP contribution in [0.1, 0.15) is 36.8 Å². The minimum Gasteiger partial charge on any atom is -0.308 e. The van der Waals surface area contributed by atoms with Crippen LogP contribution < -0.4 is 11.3 Å². The second kappa shape index (κ2) is 5.78. The van der Waals surface area contributed by atoms with Crippen molar-refractivity contribution in [1.82, 2.24) is 5.43 Å². The number of hydrogen-bond acceptors (Lipinski definition) is 2. The fourth-order valence-electron chi connectivity index (χ4n) is 2.33. The van der Waals surface area contributed by atoms with E-state index in [4.69, 9.17) is 5.84 Å². The predicted octanol–water partition coefficient (Wildman–Crippen LogP) is 3.00. The highest BCUT2D eigenvalue weighted by Gasteiger charge is 2.35. The van der Waals surface area contributed by atoms with Crippen molar-refractivity contribution in [3.05, 3.63) is 35.1 Å². The number of rotatable bonds is 2. The molecule has 0 heterocycles. The molecule has 1 saturated carbocycles. The molecule has 1 fully saturated rings. The number of nitrogens with zero attached hydrogens (tertiary/aromatic N) is 1. The Hall–Kier alpha value is -1.63. The molecule has 0 aliphatic heterocycles. The van der Waals surface area contributed by atoms with Gasteiger partial charge in [-0.15, -0.1) is 0 Å². The number of halogens is 4. The van der Waals surface area contributed by atoms with Crippen molar-refractivity contribution in [2.45, 2.75) is 37.9 Å². The fraction of sp³-hybridized carbons (Fsp3) is 0.462. The van der Waals surface area contributed by atoms with Crippen LogP contribution in [-0.2, 0) is 6.18 Å². The Morgan fingerprint density at radius 1 is 1.25 bits per heavy atom. The van der Waals surface area contributed by atoms with E-state index in [1.807, 2.05) is 0 Å². The molecule has 0 bridgehead atoms. The largest absolute Gasteiger partial charge is 0.419 e. The molecule has 1 aromatic rings. The van der Waals surface area contributed by atoms with Gasteiger partial charge < -0.3 is 5.43 Å². The van der Waals surface area contributed by atoms with E-state index in [0.717, 1.165) is 31.7 Å². The van der Waals surface area contributed by atoms with Gasteiger partial charge in [-0.1, -0.05) is 18.9 Å². The Balaban J connectivity index is 2.40. The molecular formula is C13H15F4N3.